The number of nitrogen functional groups attached to an aromatic ring is 1. The van der Waals surface area contributed by atoms with E-state index in [1.54, 1.807) is 11.3 Å². The highest BCUT2D eigenvalue weighted by molar-refractivity contribution is 7.18. The largest absolute Gasteiger partial charge is 0.438 e. The number of benzene rings is 1. The Balaban J connectivity index is 2.09. The van der Waals surface area contributed by atoms with Crippen LogP contribution in [0.4, 0.5) is 5.95 Å². The van der Waals surface area contributed by atoms with Crippen molar-refractivity contribution in [2.45, 2.75) is 26.7 Å². The van der Waals surface area contributed by atoms with Crippen LogP contribution in [0, 0.1) is 0 Å². The van der Waals surface area contributed by atoms with Crippen LogP contribution in [-0.2, 0) is 12.8 Å². The van der Waals surface area contributed by atoms with E-state index in [0.717, 1.165) is 34.4 Å². The smallest absolute Gasteiger partial charge is 0.232 e. The van der Waals surface area contributed by atoms with Crippen molar-refractivity contribution in [3.8, 4) is 11.6 Å². The van der Waals surface area contributed by atoms with Gasteiger partial charge in [0.05, 0.1) is 5.39 Å². The maximum Gasteiger partial charge on any atom is 0.232 e. The van der Waals surface area contributed by atoms with Crippen molar-refractivity contribution in [1.29, 1.82) is 0 Å². The van der Waals surface area contributed by atoms with Crippen LogP contribution in [0.1, 0.15) is 24.3 Å². The molecule has 108 valence electrons. The first-order chi connectivity index (χ1) is 10.2. The Kier molecular flexibility index (Phi) is 3.75. The van der Waals surface area contributed by atoms with Crippen LogP contribution in [0.25, 0.3) is 10.2 Å². The van der Waals surface area contributed by atoms with Gasteiger partial charge in [-0.25, -0.2) is 4.98 Å². The lowest BCUT2D eigenvalue weighted by atomic mass is 10.1. The molecular formula is C16H17N3OS. The van der Waals surface area contributed by atoms with Crippen molar-refractivity contribution in [3.63, 3.8) is 0 Å². The molecule has 0 amide bonds. The quantitative estimate of drug-likeness (QED) is 0.784. The van der Waals surface area contributed by atoms with Crippen LogP contribution in [0.3, 0.4) is 0 Å². The number of aromatic nitrogens is 2. The van der Waals surface area contributed by atoms with E-state index in [9.17, 15) is 0 Å². The number of anilines is 1. The molecule has 21 heavy (non-hydrogen) atoms. The first kappa shape index (κ1) is 13.8. The Bertz CT molecular complexity index is 782. The highest BCUT2D eigenvalue weighted by atomic mass is 32.1. The van der Waals surface area contributed by atoms with Crippen LogP contribution in [0.2, 0.25) is 0 Å². The molecule has 0 unspecified atom stereocenters. The van der Waals surface area contributed by atoms with Crippen LogP contribution >= 0.6 is 11.3 Å². The molecule has 1 aromatic carbocycles. The van der Waals surface area contributed by atoms with Gasteiger partial charge < -0.3 is 10.5 Å². The molecule has 2 N–H and O–H groups in total. The zero-order valence-corrected chi connectivity index (χ0v) is 12.9. The Morgan fingerprint density at radius 3 is 2.71 bits per heavy atom. The summed E-state index contributed by atoms with van der Waals surface area (Å²) in [5.41, 5.74) is 6.95. The second-order valence-corrected chi connectivity index (χ2v) is 5.85. The number of hydrogen-bond acceptors (Lipinski definition) is 5. The lowest BCUT2D eigenvalue weighted by molar-refractivity contribution is 0.464. The van der Waals surface area contributed by atoms with Crippen molar-refractivity contribution < 1.29 is 4.74 Å². The molecule has 0 fully saturated rings. The van der Waals surface area contributed by atoms with Gasteiger partial charge in [-0.3, -0.25) is 0 Å². The number of ether oxygens (including phenoxy) is 1. The van der Waals surface area contributed by atoms with Gasteiger partial charge in [0.1, 0.15) is 10.6 Å². The van der Waals surface area contributed by atoms with Gasteiger partial charge in [-0.15, -0.1) is 11.3 Å². The molecule has 0 atom stereocenters. The zero-order valence-electron chi connectivity index (χ0n) is 12.1. The number of nitrogens with zero attached hydrogens (tertiary/aromatic N) is 2. The van der Waals surface area contributed by atoms with Crippen LogP contribution in [0.5, 0.6) is 11.6 Å². The summed E-state index contributed by atoms with van der Waals surface area (Å²) in [5.74, 6) is 1.61. The number of fused-ring (bicyclic) bond motifs is 1. The fourth-order valence-electron chi connectivity index (χ4n) is 2.21. The SMILES string of the molecule is CCc1cc2c(Oc3ccccc3CC)nc(N)nc2s1. The molecule has 0 radical (unpaired) electrons. The molecule has 2 aromatic heterocycles. The van der Waals surface area contributed by atoms with E-state index in [1.807, 2.05) is 18.2 Å². The number of hydrogen-bond donors (Lipinski definition) is 1. The lowest BCUT2D eigenvalue weighted by Crippen LogP contribution is -1.98. The normalized spacial score (nSPS) is 11.0. The molecular weight excluding hydrogens is 282 g/mol. The standard InChI is InChI=1S/C16H17N3OS/c1-3-10-7-5-6-8-13(10)20-14-12-9-11(4-2)21-15(12)19-16(17)18-14/h5-9H,3-4H2,1-2H3,(H2,17,18,19). The van der Waals surface area contributed by atoms with E-state index in [0.29, 0.717) is 5.88 Å². The summed E-state index contributed by atoms with van der Waals surface area (Å²) < 4.78 is 6.03. The summed E-state index contributed by atoms with van der Waals surface area (Å²) in [6.07, 6.45) is 1.87. The minimum absolute atomic E-state index is 0.246. The summed E-state index contributed by atoms with van der Waals surface area (Å²) in [5, 5.41) is 0.928. The summed E-state index contributed by atoms with van der Waals surface area (Å²) in [7, 11) is 0. The third-order valence-electron chi connectivity index (χ3n) is 3.33. The summed E-state index contributed by atoms with van der Waals surface area (Å²) in [4.78, 5) is 10.7. The van der Waals surface area contributed by atoms with E-state index in [-0.39, 0.29) is 5.95 Å². The number of thiophene rings is 1. The second-order valence-electron chi connectivity index (χ2n) is 4.74. The maximum absolute atomic E-state index is 6.03. The minimum Gasteiger partial charge on any atom is -0.438 e. The Morgan fingerprint density at radius 1 is 1.14 bits per heavy atom. The van der Waals surface area contributed by atoms with E-state index in [4.69, 9.17) is 10.5 Å². The van der Waals surface area contributed by atoms with Gasteiger partial charge in [0.15, 0.2) is 0 Å². The van der Waals surface area contributed by atoms with Gasteiger partial charge in [-0.2, -0.15) is 4.98 Å². The van der Waals surface area contributed by atoms with E-state index in [1.165, 1.54) is 4.88 Å². The van der Waals surface area contributed by atoms with Gasteiger partial charge in [-0.1, -0.05) is 32.0 Å². The third kappa shape index (κ3) is 2.69. The van der Waals surface area contributed by atoms with Crippen molar-refractivity contribution in [2.75, 3.05) is 5.73 Å². The average molecular weight is 299 g/mol. The molecule has 3 rings (SSSR count). The first-order valence-electron chi connectivity index (χ1n) is 7.03. The van der Waals surface area contributed by atoms with Crippen LogP contribution in [-0.4, -0.2) is 9.97 Å². The minimum atomic E-state index is 0.246. The molecule has 5 heteroatoms. The highest BCUT2D eigenvalue weighted by Gasteiger charge is 2.13. The first-order valence-corrected chi connectivity index (χ1v) is 7.84. The number of rotatable bonds is 4. The lowest BCUT2D eigenvalue weighted by Gasteiger charge is -2.10. The van der Waals surface area contributed by atoms with E-state index in [2.05, 4.69) is 35.9 Å². The van der Waals surface area contributed by atoms with E-state index >= 15 is 0 Å². The van der Waals surface area contributed by atoms with Gasteiger partial charge >= 0.3 is 0 Å². The van der Waals surface area contributed by atoms with E-state index < -0.39 is 0 Å². The van der Waals surface area contributed by atoms with Crippen molar-refractivity contribution in [2.24, 2.45) is 0 Å². The summed E-state index contributed by atoms with van der Waals surface area (Å²) in [6, 6.07) is 10.1. The number of nitrogens with two attached hydrogens (primary N) is 1. The fraction of sp³-hybridized carbons (Fsp3) is 0.250. The Labute approximate surface area is 127 Å². The molecule has 4 nitrogen and oxygen atoms in total. The molecule has 0 spiro atoms. The molecule has 0 saturated carbocycles. The molecule has 0 bridgehead atoms. The highest BCUT2D eigenvalue weighted by Crippen LogP contribution is 2.34. The van der Waals surface area contributed by atoms with Gasteiger partial charge in [0.2, 0.25) is 11.8 Å². The van der Waals surface area contributed by atoms with Crippen molar-refractivity contribution in [3.05, 3.63) is 40.8 Å². The molecule has 0 aliphatic heterocycles. The second kappa shape index (κ2) is 5.69. The monoisotopic (exact) mass is 299 g/mol. The van der Waals surface area contributed by atoms with Gasteiger partial charge in [0, 0.05) is 4.88 Å². The van der Waals surface area contributed by atoms with Crippen LogP contribution in [0.15, 0.2) is 30.3 Å². The molecule has 0 aliphatic rings. The summed E-state index contributed by atoms with van der Waals surface area (Å²) >= 11 is 1.64. The van der Waals surface area contributed by atoms with Gasteiger partial charge in [-0.05, 0) is 30.5 Å². The maximum atomic E-state index is 6.03. The Hall–Kier alpha value is -2.14. The van der Waals surface area contributed by atoms with Crippen molar-refractivity contribution >= 4 is 27.5 Å². The number of aryl methyl sites for hydroxylation is 2. The molecule has 3 aromatic rings. The third-order valence-corrected chi connectivity index (χ3v) is 4.51. The zero-order chi connectivity index (χ0) is 14.8. The van der Waals surface area contributed by atoms with Crippen LogP contribution < -0.4 is 10.5 Å². The summed E-state index contributed by atoms with van der Waals surface area (Å²) in [6.45, 7) is 4.22. The topological polar surface area (TPSA) is 61.0 Å². The van der Waals surface area contributed by atoms with Crippen molar-refractivity contribution in [1.82, 2.24) is 9.97 Å². The predicted octanol–water partition coefficient (Wildman–Crippen LogP) is 4.19. The predicted molar refractivity (Wildman–Crippen MR) is 87.1 cm³/mol. The fourth-order valence-corrected chi connectivity index (χ4v) is 3.18. The molecule has 0 saturated heterocycles. The molecule has 2 heterocycles. The molecule has 0 aliphatic carbocycles. The number of para-hydroxylation sites is 1. The van der Waals surface area contributed by atoms with Gasteiger partial charge in [0.25, 0.3) is 0 Å². The average Bonchev–Trinajstić information content (AvgIpc) is 2.91. The Morgan fingerprint density at radius 2 is 1.95 bits per heavy atom.